The fourth-order valence-electron chi connectivity index (χ4n) is 1.36. The number of carboxylic acids is 1. The molecule has 0 spiro atoms. The molecule has 2 rings (SSSR count). The van der Waals surface area contributed by atoms with Crippen LogP contribution in [0, 0.1) is 0 Å². The van der Waals surface area contributed by atoms with Crippen LogP contribution in [0.15, 0.2) is 28.8 Å². The molecule has 16 heavy (non-hydrogen) atoms. The van der Waals surface area contributed by atoms with E-state index in [1.54, 1.807) is 12.1 Å². The number of phenols is 1. The molecule has 0 aliphatic heterocycles. The van der Waals surface area contributed by atoms with Crippen molar-refractivity contribution in [2.45, 2.75) is 0 Å². The summed E-state index contributed by atoms with van der Waals surface area (Å²) in [6, 6.07) is 6.18. The maximum absolute atomic E-state index is 10.9. The Morgan fingerprint density at radius 2 is 2.06 bits per heavy atom. The zero-order valence-electron chi connectivity index (χ0n) is 8.04. The van der Waals surface area contributed by atoms with Crippen LogP contribution in [0.5, 0.6) is 5.75 Å². The molecule has 1 aromatic carbocycles. The smallest absolute Gasteiger partial charge is 0.343 e. The summed E-state index contributed by atoms with van der Waals surface area (Å²) in [6.45, 7) is 0. The summed E-state index contributed by atoms with van der Waals surface area (Å²) < 4.78 is 4.81. The summed E-state index contributed by atoms with van der Waals surface area (Å²) in [4.78, 5) is 10.9. The topological polar surface area (TPSA) is 110 Å². The molecule has 0 unspecified atom stereocenters. The summed E-state index contributed by atoms with van der Waals surface area (Å²) in [5, 5.41) is 21.9. The average Bonchev–Trinajstić information content (AvgIpc) is 2.61. The van der Waals surface area contributed by atoms with E-state index < -0.39 is 5.97 Å². The maximum atomic E-state index is 10.9. The van der Waals surface area contributed by atoms with Crippen molar-refractivity contribution in [3.63, 3.8) is 0 Å². The molecule has 1 aromatic heterocycles. The van der Waals surface area contributed by atoms with Gasteiger partial charge in [-0.3, -0.25) is 0 Å². The zero-order valence-corrected chi connectivity index (χ0v) is 8.04. The van der Waals surface area contributed by atoms with Crippen molar-refractivity contribution in [3.05, 3.63) is 29.8 Å². The number of hydrogen-bond acceptors (Lipinski definition) is 5. The van der Waals surface area contributed by atoms with Gasteiger partial charge in [-0.15, -0.1) is 0 Å². The Hall–Kier alpha value is -2.50. The minimum absolute atomic E-state index is 0.0527. The lowest BCUT2D eigenvalue weighted by Gasteiger charge is -2.00. The quantitative estimate of drug-likeness (QED) is 0.704. The van der Waals surface area contributed by atoms with Gasteiger partial charge in [0.2, 0.25) is 0 Å². The number of carboxylic acid groups (broad SMARTS) is 1. The lowest BCUT2D eigenvalue weighted by Crippen LogP contribution is -2.01. The summed E-state index contributed by atoms with van der Waals surface area (Å²) in [7, 11) is 0. The van der Waals surface area contributed by atoms with Gasteiger partial charge in [-0.25, -0.2) is 4.79 Å². The molecular weight excluding hydrogens is 212 g/mol. The molecule has 6 nitrogen and oxygen atoms in total. The van der Waals surface area contributed by atoms with Crippen LogP contribution >= 0.6 is 0 Å². The Morgan fingerprint density at radius 1 is 1.38 bits per heavy atom. The van der Waals surface area contributed by atoms with Gasteiger partial charge in [0.15, 0.2) is 17.1 Å². The third-order valence-corrected chi connectivity index (χ3v) is 2.08. The second kappa shape index (κ2) is 3.58. The molecule has 0 aliphatic carbocycles. The summed E-state index contributed by atoms with van der Waals surface area (Å²) in [5.74, 6) is -1.62. The fraction of sp³-hybridized carbons (Fsp3) is 0. The molecule has 6 heteroatoms. The Balaban J connectivity index is 2.66. The lowest BCUT2D eigenvalue weighted by atomic mass is 10.1. The van der Waals surface area contributed by atoms with Gasteiger partial charge in [0.05, 0.1) is 5.56 Å². The summed E-state index contributed by atoms with van der Waals surface area (Å²) >= 11 is 0. The van der Waals surface area contributed by atoms with Crippen LogP contribution in [0.4, 0.5) is 5.82 Å². The minimum Gasteiger partial charge on any atom is -0.507 e. The Labute approximate surface area is 89.9 Å². The second-order valence-electron chi connectivity index (χ2n) is 3.09. The SMILES string of the molecule is Nc1noc(-c2ccccc2O)c1C(=O)O. The summed E-state index contributed by atoms with van der Waals surface area (Å²) in [6.07, 6.45) is 0. The lowest BCUT2D eigenvalue weighted by molar-refractivity contribution is 0.0698. The highest BCUT2D eigenvalue weighted by atomic mass is 16.5. The van der Waals surface area contributed by atoms with Gasteiger partial charge in [0, 0.05) is 0 Å². The number of benzene rings is 1. The molecule has 0 bridgehead atoms. The first-order valence-electron chi connectivity index (χ1n) is 4.38. The van der Waals surface area contributed by atoms with Crippen molar-refractivity contribution < 1.29 is 19.5 Å². The Bertz CT molecular complexity index is 548. The van der Waals surface area contributed by atoms with Gasteiger partial charge in [0.25, 0.3) is 0 Å². The molecule has 0 atom stereocenters. The molecule has 82 valence electrons. The average molecular weight is 220 g/mol. The standard InChI is InChI=1S/C10H8N2O4/c11-9-7(10(14)15)8(16-12-9)5-3-1-2-4-6(5)13/h1-4,13H,(H2,11,12)(H,14,15). The van der Waals surface area contributed by atoms with Gasteiger partial charge in [0.1, 0.15) is 5.75 Å². The number of hydrogen-bond donors (Lipinski definition) is 3. The molecule has 0 radical (unpaired) electrons. The van der Waals surface area contributed by atoms with Crippen LogP contribution in [-0.4, -0.2) is 21.3 Å². The summed E-state index contributed by atoms with van der Waals surface area (Å²) in [5.41, 5.74) is 5.35. The molecule has 2 aromatic rings. The number of nitrogen functional groups attached to an aromatic ring is 1. The van der Waals surface area contributed by atoms with E-state index in [1.165, 1.54) is 12.1 Å². The van der Waals surface area contributed by atoms with Crippen molar-refractivity contribution >= 4 is 11.8 Å². The monoisotopic (exact) mass is 220 g/mol. The largest absolute Gasteiger partial charge is 0.507 e. The fourth-order valence-corrected chi connectivity index (χ4v) is 1.36. The van der Waals surface area contributed by atoms with Gasteiger partial charge < -0.3 is 20.5 Å². The molecule has 1 heterocycles. The van der Waals surface area contributed by atoms with E-state index in [1.807, 2.05) is 0 Å². The van der Waals surface area contributed by atoms with Crippen LogP contribution in [0.25, 0.3) is 11.3 Å². The highest BCUT2D eigenvalue weighted by molar-refractivity contribution is 5.99. The number of aromatic hydroxyl groups is 1. The number of nitrogens with two attached hydrogens (primary N) is 1. The molecule has 0 saturated carbocycles. The second-order valence-corrected chi connectivity index (χ2v) is 3.09. The van der Waals surface area contributed by atoms with Gasteiger partial charge in [-0.05, 0) is 12.1 Å². The zero-order chi connectivity index (χ0) is 11.7. The van der Waals surface area contributed by atoms with E-state index >= 15 is 0 Å². The number of aromatic carboxylic acids is 1. The van der Waals surface area contributed by atoms with E-state index in [0.29, 0.717) is 0 Å². The van der Waals surface area contributed by atoms with E-state index in [9.17, 15) is 9.90 Å². The highest BCUT2D eigenvalue weighted by Crippen LogP contribution is 2.33. The normalized spacial score (nSPS) is 10.2. The van der Waals surface area contributed by atoms with Crippen molar-refractivity contribution in [2.75, 3.05) is 5.73 Å². The van der Waals surface area contributed by atoms with Crippen LogP contribution in [0.3, 0.4) is 0 Å². The number of rotatable bonds is 2. The molecule has 0 fully saturated rings. The molecular formula is C10H8N2O4. The minimum atomic E-state index is -1.25. The molecule has 0 saturated heterocycles. The van der Waals surface area contributed by atoms with Crippen LogP contribution in [0.1, 0.15) is 10.4 Å². The maximum Gasteiger partial charge on any atom is 0.343 e. The number of phenolic OH excluding ortho intramolecular Hbond substituents is 1. The van der Waals surface area contributed by atoms with E-state index in [4.69, 9.17) is 15.4 Å². The predicted molar refractivity (Wildman–Crippen MR) is 55.0 cm³/mol. The van der Waals surface area contributed by atoms with E-state index in [2.05, 4.69) is 5.16 Å². The first-order valence-corrected chi connectivity index (χ1v) is 4.38. The molecule has 0 aliphatic rings. The third-order valence-electron chi connectivity index (χ3n) is 2.08. The third kappa shape index (κ3) is 1.46. The Kier molecular flexibility index (Phi) is 2.24. The number of nitrogens with zero attached hydrogens (tertiary/aromatic N) is 1. The Morgan fingerprint density at radius 3 is 2.69 bits per heavy atom. The van der Waals surface area contributed by atoms with Crippen molar-refractivity contribution in [1.29, 1.82) is 0 Å². The number of carbonyl (C=O) groups is 1. The van der Waals surface area contributed by atoms with Gasteiger partial charge in [-0.1, -0.05) is 17.3 Å². The molecule has 0 amide bonds. The van der Waals surface area contributed by atoms with Crippen LogP contribution in [-0.2, 0) is 0 Å². The molecule has 4 N–H and O–H groups in total. The van der Waals surface area contributed by atoms with E-state index in [-0.39, 0.29) is 28.5 Å². The number of para-hydroxylation sites is 1. The van der Waals surface area contributed by atoms with Gasteiger partial charge in [-0.2, -0.15) is 0 Å². The van der Waals surface area contributed by atoms with Crippen molar-refractivity contribution in [3.8, 4) is 17.1 Å². The highest BCUT2D eigenvalue weighted by Gasteiger charge is 2.23. The predicted octanol–water partition coefficient (Wildman–Crippen LogP) is 1.33. The number of anilines is 1. The van der Waals surface area contributed by atoms with Crippen LogP contribution in [0.2, 0.25) is 0 Å². The van der Waals surface area contributed by atoms with Crippen molar-refractivity contribution in [2.24, 2.45) is 0 Å². The van der Waals surface area contributed by atoms with E-state index in [0.717, 1.165) is 0 Å². The van der Waals surface area contributed by atoms with Crippen molar-refractivity contribution in [1.82, 2.24) is 5.16 Å². The number of aromatic nitrogens is 1. The van der Waals surface area contributed by atoms with Gasteiger partial charge >= 0.3 is 5.97 Å². The van der Waals surface area contributed by atoms with Crippen LogP contribution < -0.4 is 5.73 Å². The first kappa shape index (κ1) is 10.0. The first-order chi connectivity index (χ1) is 7.61.